The van der Waals surface area contributed by atoms with Gasteiger partial charge in [-0.3, -0.25) is 0 Å². The molecule has 4 heteroatoms. The van der Waals surface area contributed by atoms with Crippen LogP contribution in [0.5, 0.6) is 0 Å². The summed E-state index contributed by atoms with van der Waals surface area (Å²) in [6, 6.07) is 54.2. The first-order valence-corrected chi connectivity index (χ1v) is 18.0. The maximum Gasteiger partial charge on any atom is 0.129 e. The number of hydrogen-bond donors (Lipinski definition) is 2. The topological polar surface area (TPSA) is 33.4 Å². The first-order valence-electron chi connectivity index (χ1n) is 18.0. The highest BCUT2D eigenvalue weighted by Crippen LogP contribution is 2.52. The molecule has 2 aliphatic rings. The summed E-state index contributed by atoms with van der Waals surface area (Å²) in [5.74, 6) is 0. The minimum atomic E-state index is -0.105. The van der Waals surface area contributed by atoms with Crippen molar-refractivity contribution in [2.75, 3.05) is 10.6 Å². The molecule has 0 amide bonds. The van der Waals surface area contributed by atoms with Crippen LogP contribution in [0.4, 0.5) is 11.4 Å². The normalized spacial score (nSPS) is 17.7. The number of benzene rings is 7. The first kappa shape index (κ1) is 27.5. The molecular formula is C47H34N4. The van der Waals surface area contributed by atoms with Crippen LogP contribution in [0.25, 0.3) is 71.0 Å². The van der Waals surface area contributed by atoms with Gasteiger partial charge in [-0.25, -0.2) is 0 Å². The molecule has 242 valence electrons. The van der Waals surface area contributed by atoms with Gasteiger partial charge in [0.1, 0.15) is 6.17 Å². The average Bonchev–Trinajstić information content (AvgIpc) is 3.74. The number of nitrogens with one attached hydrogen (secondary N) is 2. The van der Waals surface area contributed by atoms with Crippen molar-refractivity contribution in [2.45, 2.75) is 31.5 Å². The third-order valence-corrected chi connectivity index (χ3v) is 12.2. The molecule has 0 spiro atoms. The second-order valence-electron chi connectivity index (χ2n) is 15.0. The van der Waals surface area contributed by atoms with Crippen molar-refractivity contribution < 1.29 is 0 Å². The Bertz CT molecular complexity index is 3090. The summed E-state index contributed by atoms with van der Waals surface area (Å²) in [7, 11) is 0. The maximum atomic E-state index is 4.07. The molecule has 4 heterocycles. The van der Waals surface area contributed by atoms with Crippen molar-refractivity contribution >= 4 is 71.3 Å². The molecular weight excluding hydrogens is 621 g/mol. The Hall–Kier alpha value is -6.26. The molecule has 3 aromatic heterocycles. The monoisotopic (exact) mass is 654 g/mol. The van der Waals surface area contributed by atoms with Gasteiger partial charge in [-0.2, -0.15) is 0 Å². The summed E-state index contributed by atoms with van der Waals surface area (Å²) in [4.78, 5) is 0. The van der Waals surface area contributed by atoms with E-state index >= 15 is 0 Å². The van der Waals surface area contributed by atoms with E-state index in [2.05, 4.69) is 179 Å². The third kappa shape index (κ3) is 3.40. The Morgan fingerprint density at radius 3 is 1.98 bits per heavy atom. The van der Waals surface area contributed by atoms with Gasteiger partial charge in [0, 0.05) is 32.3 Å². The zero-order valence-corrected chi connectivity index (χ0v) is 28.4. The van der Waals surface area contributed by atoms with Gasteiger partial charge < -0.3 is 19.6 Å². The number of rotatable bonds is 2. The largest absolute Gasteiger partial charge is 0.373 e. The van der Waals surface area contributed by atoms with Crippen LogP contribution < -0.4 is 10.6 Å². The quantitative estimate of drug-likeness (QED) is 0.194. The third-order valence-electron chi connectivity index (χ3n) is 12.2. The van der Waals surface area contributed by atoms with Crippen molar-refractivity contribution in [1.29, 1.82) is 0 Å². The smallest absolute Gasteiger partial charge is 0.129 e. The Morgan fingerprint density at radius 2 is 1.10 bits per heavy atom. The van der Waals surface area contributed by atoms with Crippen LogP contribution in [-0.4, -0.2) is 8.97 Å². The van der Waals surface area contributed by atoms with Gasteiger partial charge in [0.2, 0.25) is 0 Å². The van der Waals surface area contributed by atoms with Crippen LogP contribution in [0.15, 0.2) is 146 Å². The molecule has 7 aromatic carbocycles. The highest BCUT2D eigenvalue weighted by atomic mass is 15.3. The van der Waals surface area contributed by atoms with Gasteiger partial charge in [-0.1, -0.05) is 123 Å². The molecule has 2 unspecified atom stereocenters. The number of hydrogen-bond acceptors (Lipinski definition) is 2. The van der Waals surface area contributed by atoms with E-state index in [-0.39, 0.29) is 17.6 Å². The lowest BCUT2D eigenvalue weighted by Crippen LogP contribution is -2.34. The van der Waals surface area contributed by atoms with E-state index in [9.17, 15) is 0 Å². The second-order valence-corrected chi connectivity index (χ2v) is 15.0. The SMILES string of the molecule is CC1(C)c2ccccc2-c2ccc(C3Nc4ccccc4NC3n3c4cccc5c6cccc7c8ccccc8n(c8cccc3c8c54)c67)cc21. The van der Waals surface area contributed by atoms with Crippen molar-refractivity contribution in [3.8, 4) is 11.1 Å². The summed E-state index contributed by atoms with van der Waals surface area (Å²) in [5.41, 5.74) is 15.2. The van der Waals surface area contributed by atoms with Crippen molar-refractivity contribution in [3.05, 3.63) is 162 Å². The standard InChI is InChI=1S/C47H34N4/c1-47(2)34-17-5-3-12-28(34)29-25-24-27(26-35(29)47)44-46(49-37-19-7-6-18-36(37)48-44)51-39-21-10-14-31-33-16-9-15-32-30-13-4-8-20-38(30)50(45(32)33)40-22-11-23-41(51)43(40)42(31)39/h3-26,44,46,48-49H,1-2H3. The average molecular weight is 655 g/mol. The van der Waals surface area contributed by atoms with Crippen LogP contribution in [-0.2, 0) is 5.41 Å². The lowest BCUT2D eigenvalue weighted by atomic mass is 9.81. The zero-order chi connectivity index (χ0) is 33.6. The molecule has 10 aromatic rings. The van der Waals surface area contributed by atoms with Gasteiger partial charge in [-0.15, -0.1) is 0 Å². The number of aromatic nitrogens is 2. The van der Waals surface area contributed by atoms with E-state index in [4.69, 9.17) is 0 Å². The molecule has 0 radical (unpaired) electrons. The first-order chi connectivity index (χ1) is 25.1. The van der Waals surface area contributed by atoms with E-state index in [1.54, 1.807) is 0 Å². The Labute approximate surface area is 294 Å². The summed E-state index contributed by atoms with van der Waals surface area (Å²) < 4.78 is 5.10. The molecule has 0 saturated heterocycles. The van der Waals surface area contributed by atoms with Crippen molar-refractivity contribution in [1.82, 2.24) is 8.97 Å². The number of fused-ring (bicyclic) bond motifs is 9. The zero-order valence-electron chi connectivity index (χ0n) is 28.4. The Morgan fingerprint density at radius 1 is 0.490 bits per heavy atom. The van der Waals surface area contributed by atoms with E-state index in [1.807, 2.05) is 0 Å². The molecule has 51 heavy (non-hydrogen) atoms. The summed E-state index contributed by atoms with van der Waals surface area (Å²) in [6.45, 7) is 4.74. The predicted molar refractivity (Wildman–Crippen MR) is 214 cm³/mol. The predicted octanol–water partition coefficient (Wildman–Crippen LogP) is 12.0. The molecule has 1 aliphatic heterocycles. The second kappa shape index (κ2) is 9.49. The van der Waals surface area contributed by atoms with Crippen LogP contribution >= 0.6 is 0 Å². The van der Waals surface area contributed by atoms with Crippen molar-refractivity contribution in [2.24, 2.45) is 0 Å². The van der Waals surface area contributed by atoms with Crippen LogP contribution in [0.2, 0.25) is 0 Å². The summed E-state index contributed by atoms with van der Waals surface area (Å²) in [5, 5.41) is 15.9. The Balaban J connectivity index is 1.17. The minimum absolute atomic E-state index is 0.0369. The molecule has 0 saturated carbocycles. The fourth-order valence-electron chi connectivity index (χ4n) is 9.93. The Kier molecular flexibility index (Phi) is 5.13. The molecule has 4 nitrogen and oxygen atoms in total. The lowest BCUT2D eigenvalue weighted by molar-refractivity contribution is 0.505. The number of nitrogens with zero attached hydrogens (tertiary/aromatic N) is 2. The fraction of sp³-hybridized carbons (Fsp3) is 0.106. The van der Waals surface area contributed by atoms with Crippen LogP contribution in [0.1, 0.15) is 42.7 Å². The highest BCUT2D eigenvalue weighted by Gasteiger charge is 2.38. The van der Waals surface area contributed by atoms with Crippen molar-refractivity contribution in [3.63, 3.8) is 0 Å². The van der Waals surface area contributed by atoms with Crippen LogP contribution in [0.3, 0.4) is 0 Å². The molecule has 2 atom stereocenters. The lowest BCUT2D eigenvalue weighted by Gasteiger charge is -2.38. The number of para-hydroxylation sites is 4. The highest BCUT2D eigenvalue weighted by molar-refractivity contribution is 6.31. The van der Waals surface area contributed by atoms with E-state index < -0.39 is 0 Å². The van der Waals surface area contributed by atoms with Gasteiger partial charge in [0.15, 0.2) is 0 Å². The molecule has 12 rings (SSSR count). The van der Waals surface area contributed by atoms with E-state index in [1.165, 1.54) is 87.7 Å². The molecule has 1 aliphatic carbocycles. The van der Waals surface area contributed by atoms with Gasteiger partial charge in [0.25, 0.3) is 0 Å². The van der Waals surface area contributed by atoms with E-state index in [0.29, 0.717) is 0 Å². The summed E-state index contributed by atoms with van der Waals surface area (Å²) in [6.07, 6.45) is -0.105. The number of anilines is 2. The molecule has 2 N–H and O–H groups in total. The van der Waals surface area contributed by atoms with Crippen LogP contribution in [0, 0.1) is 0 Å². The fourth-order valence-corrected chi connectivity index (χ4v) is 9.93. The van der Waals surface area contributed by atoms with Gasteiger partial charge in [-0.05, 0) is 69.6 Å². The van der Waals surface area contributed by atoms with E-state index in [0.717, 1.165) is 11.4 Å². The molecule has 0 fully saturated rings. The van der Waals surface area contributed by atoms with Gasteiger partial charge in [0.05, 0.1) is 45.0 Å². The molecule has 0 bridgehead atoms. The van der Waals surface area contributed by atoms with Gasteiger partial charge >= 0.3 is 0 Å². The minimum Gasteiger partial charge on any atom is -0.373 e. The summed E-state index contributed by atoms with van der Waals surface area (Å²) >= 11 is 0. The maximum absolute atomic E-state index is 4.07.